The van der Waals surface area contributed by atoms with Gasteiger partial charge in [0.15, 0.2) is 0 Å². The molecule has 3 aromatic heterocycles. The minimum absolute atomic E-state index is 0.139. The molecular weight excluding hydrogens is 1030 g/mol. The molecule has 0 aliphatic carbocycles. The van der Waals surface area contributed by atoms with Crippen LogP contribution in [0.3, 0.4) is 0 Å². The van der Waals surface area contributed by atoms with E-state index in [9.17, 15) is 14.4 Å². The highest BCUT2D eigenvalue weighted by Crippen LogP contribution is 2.26. The number of aromatic nitrogens is 6. The van der Waals surface area contributed by atoms with Gasteiger partial charge in [0.25, 0.3) is 17.1 Å². The maximum atomic E-state index is 12.4. The van der Waals surface area contributed by atoms with Crippen LogP contribution in [0.4, 0.5) is 5.82 Å². The molecule has 3 N–H and O–H groups in total. The number of anilines is 1. The molecule has 0 unspecified atom stereocenters. The number of carboxylic acids is 1. The van der Waals surface area contributed by atoms with E-state index < -0.39 is 5.97 Å². The number of aliphatic carboxylic acids is 1. The summed E-state index contributed by atoms with van der Waals surface area (Å²) >= 11 is 14.8. The van der Waals surface area contributed by atoms with E-state index in [-0.39, 0.29) is 16.9 Å². The number of morpholine rings is 1. The van der Waals surface area contributed by atoms with E-state index in [2.05, 4.69) is 74.0 Å². The normalized spacial score (nSPS) is 11.7. The van der Waals surface area contributed by atoms with Gasteiger partial charge < -0.3 is 29.4 Å². The second-order valence-corrected chi connectivity index (χ2v) is 14.8. The largest absolute Gasteiger partial charge is 0.481 e. The van der Waals surface area contributed by atoms with Crippen molar-refractivity contribution in [1.82, 2.24) is 29.9 Å². The minimum atomic E-state index is -0.833. The van der Waals surface area contributed by atoms with Crippen LogP contribution in [-0.2, 0) is 27.2 Å². The number of fused-ring (bicyclic) bond motifs is 3. The Labute approximate surface area is 389 Å². The van der Waals surface area contributed by atoms with Gasteiger partial charge in [0.05, 0.1) is 64.9 Å². The predicted octanol–water partition coefficient (Wildman–Crippen LogP) is 9.66. The van der Waals surface area contributed by atoms with Crippen LogP contribution in [0.15, 0.2) is 142 Å². The molecule has 0 atom stereocenters. The van der Waals surface area contributed by atoms with Gasteiger partial charge in [0.2, 0.25) is 0 Å². The first-order valence-electron chi connectivity index (χ1n) is 19.0. The third-order valence-corrected chi connectivity index (χ3v) is 9.44. The van der Waals surface area contributed by atoms with Gasteiger partial charge >= 0.3 is 0 Å². The molecule has 18 heteroatoms. The lowest BCUT2D eigenvalue weighted by Gasteiger charge is -2.27. The van der Waals surface area contributed by atoms with Crippen molar-refractivity contribution in [3.05, 3.63) is 169 Å². The summed E-state index contributed by atoms with van der Waals surface area (Å²) < 4.78 is 12.4. The van der Waals surface area contributed by atoms with Crippen molar-refractivity contribution < 1.29 is 24.2 Å². The van der Waals surface area contributed by atoms with Crippen molar-refractivity contribution in [3.8, 4) is 11.5 Å². The van der Waals surface area contributed by atoms with Crippen molar-refractivity contribution >= 4 is 106 Å². The number of Topliss-reactive ketones (excluding diaryl/α,β-unsaturated/α-hetero) is 1. The van der Waals surface area contributed by atoms with Gasteiger partial charge in [-0.2, -0.15) is 0 Å². The Morgan fingerprint density at radius 3 is 2.02 bits per heavy atom. The molecule has 8 aromatic rings. The van der Waals surface area contributed by atoms with Gasteiger partial charge in [-0.05, 0) is 77.9 Å². The molecular formula is C45H39Br3ClN7O7. The number of carboxylic acid groups (broad SMARTS) is 1. The Morgan fingerprint density at radius 2 is 1.32 bits per heavy atom. The van der Waals surface area contributed by atoms with Crippen LogP contribution in [0, 0.1) is 0 Å². The lowest BCUT2D eigenvalue weighted by molar-refractivity contribution is -0.134. The Morgan fingerprint density at radius 1 is 0.714 bits per heavy atom. The monoisotopic (exact) mass is 1060 g/mol. The number of nitrogens with zero attached hydrogens (tertiary/aromatic N) is 5. The molecule has 0 amide bonds. The molecule has 1 aliphatic heterocycles. The van der Waals surface area contributed by atoms with Crippen molar-refractivity contribution in [2.24, 2.45) is 0 Å². The zero-order valence-electron chi connectivity index (χ0n) is 33.5. The second-order valence-electron chi connectivity index (χ2n) is 13.4. The standard InChI is InChI=1S/C27H24ClN3O3.C8H5BrN2O.C8H6N2O.C2H4O2.Br2/c28-21-3-1-2-20(14-21)16-22(32)15-19-4-6-23(7-5-19)34-24-8-9-25-26(17-24)30-27(18-29-25)31-10-12-33-13-11-31;9-5-1-2-6-7(3-5)11-8(12)4-10-6;11-8-5-9-6-3-1-2-4-7(6)10-8;1-2(3)4;1-2/h1-9,14,17-18H,10-13,15-16H2;1-4H,(H,11,12);1-5H,(H,10,11);1H3,(H,3,4);. The Hall–Kier alpha value is -5.85. The number of ketones is 1. The fourth-order valence-electron chi connectivity index (χ4n) is 5.97. The Kier molecular flexibility index (Phi) is 18.9. The van der Waals surface area contributed by atoms with E-state index in [0.29, 0.717) is 42.6 Å². The van der Waals surface area contributed by atoms with Crippen LogP contribution in [-0.4, -0.2) is 73.1 Å². The number of carbonyl (C=O) groups is 2. The summed E-state index contributed by atoms with van der Waals surface area (Å²) in [6.07, 6.45) is 5.09. The maximum absolute atomic E-state index is 12.4. The first kappa shape index (κ1) is 48.2. The first-order valence-corrected chi connectivity index (χ1v) is 23.9. The number of para-hydroxylation sites is 2. The fourth-order valence-corrected chi connectivity index (χ4v) is 6.54. The summed E-state index contributed by atoms with van der Waals surface area (Å²) in [7, 11) is 0. The van der Waals surface area contributed by atoms with Gasteiger partial charge in [-0.3, -0.25) is 24.2 Å². The molecule has 0 radical (unpaired) electrons. The summed E-state index contributed by atoms with van der Waals surface area (Å²) in [6, 6.07) is 33.7. The Balaban J connectivity index is 0.000000208. The van der Waals surface area contributed by atoms with Crippen molar-refractivity contribution in [1.29, 1.82) is 0 Å². The SMILES string of the molecule is BrBr.CC(=O)O.O=C(Cc1ccc(Oc2ccc3ncc(N4CCOCC4)nc3c2)cc1)Cc1cccc(Cl)c1.O=c1cnc2ccc(Br)cc2[nH]1.O=c1cnc2ccccc2[nH]1. The number of ether oxygens (including phenoxy) is 2. The molecule has 1 saturated heterocycles. The summed E-state index contributed by atoms with van der Waals surface area (Å²) in [5.41, 5.74) is 6.25. The van der Waals surface area contributed by atoms with Crippen molar-refractivity contribution in [3.63, 3.8) is 0 Å². The summed E-state index contributed by atoms with van der Waals surface area (Å²) in [5.74, 6) is 1.54. The summed E-state index contributed by atoms with van der Waals surface area (Å²) in [5, 5.41) is 8.06. The average molecular weight is 1070 g/mol. The molecule has 14 nitrogen and oxygen atoms in total. The smallest absolute Gasteiger partial charge is 0.300 e. The van der Waals surface area contributed by atoms with Crippen LogP contribution >= 0.6 is 55.8 Å². The van der Waals surface area contributed by atoms with Crippen LogP contribution in [0.2, 0.25) is 5.02 Å². The van der Waals surface area contributed by atoms with E-state index in [1.165, 1.54) is 12.4 Å². The number of hydrogen-bond donors (Lipinski definition) is 3. The van der Waals surface area contributed by atoms with Gasteiger partial charge in [0.1, 0.15) is 23.1 Å². The lowest BCUT2D eigenvalue weighted by Crippen LogP contribution is -2.36. The first-order chi connectivity index (χ1) is 30.5. The number of hydrogen-bond acceptors (Lipinski definition) is 11. The molecule has 0 saturated carbocycles. The number of carbonyl (C=O) groups excluding carboxylic acids is 1. The third kappa shape index (κ3) is 15.8. The van der Waals surface area contributed by atoms with Crippen LogP contribution in [0.25, 0.3) is 33.1 Å². The van der Waals surface area contributed by atoms with Gasteiger partial charge in [-0.15, -0.1) is 0 Å². The van der Waals surface area contributed by atoms with Crippen molar-refractivity contribution in [2.45, 2.75) is 19.8 Å². The van der Waals surface area contributed by atoms with E-state index in [1.807, 2.05) is 103 Å². The van der Waals surface area contributed by atoms with E-state index in [1.54, 1.807) is 12.3 Å². The molecule has 4 heterocycles. The van der Waals surface area contributed by atoms with Crippen LogP contribution in [0.1, 0.15) is 18.1 Å². The predicted molar refractivity (Wildman–Crippen MR) is 257 cm³/mol. The van der Waals surface area contributed by atoms with Gasteiger partial charge in [-0.25, -0.2) is 15.0 Å². The second kappa shape index (κ2) is 24.7. The quantitative estimate of drug-likeness (QED) is 0.137. The average Bonchev–Trinajstić information content (AvgIpc) is 3.28. The van der Waals surface area contributed by atoms with E-state index >= 15 is 0 Å². The number of halogens is 4. The Bertz CT molecular complexity index is 2890. The number of aromatic amines is 2. The highest BCUT2D eigenvalue weighted by molar-refractivity contribution is 9.93. The number of rotatable bonds is 7. The molecule has 1 aliphatic rings. The highest BCUT2D eigenvalue weighted by Gasteiger charge is 2.14. The molecule has 5 aromatic carbocycles. The summed E-state index contributed by atoms with van der Waals surface area (Å²) in [4.78, 5) is 67.8. The van der Waals surface area contributed by atoms with E-state index in [0.717, 1.165) is 74.5 Å². The van der Waals surface area contributed by atoms with E-state index in [4.69, 9.17) is 36.0 Å². The highest BCUT2D eigenvalue weighted by atomic mass is 80.9. The topological polar surface area (TPSA) is 193 Å². The zero-order valence-corrected chi connectivity index (χ0v) is 39.0. The fraction of sp³-hybridized carbons (Fsp3) is 0.156. The zero-order chi connectivity index (χ0) is 45.1. The lowest BCUT2D eigenvalue weighted by atomic mass is 10.0. The molecule has 63 heavy (non-hydrogen) atoms. The molecule has 324 valence electrons. The van der Waals surface area contributed by atoms with Gasteiger partial charge in [-0.1, -0.05) is 63.9 Å². The summed E-state index contributed by atoms with van der Waals surface area (Å²) in [6.45, 7) is 4.10. The number of nitrogens with one attached hydrogen (secondary N) is 2. The van der Waals surface area contributed by atoms with Crippen LogP contribution < -0.4 is 20.8 Å². The number of benzene rings is 5. The molecule has 0 bridgehead atoms. The molecule has 9 rings (SSSR count). The number of H-pyrrole nitrogens is 2. The van der Waals surface area contributed by atoms with Gasteiger partial charge in [0, 0.05) is 76.7 Å². The third-order valence-electron chi connectivity index (χ3n) is 8.71. The maximum Gasteiger partial charge on any atom is 0.300 e. The molecule has 0 spiro atoms. The molecule has 1 fully saturated rings. The van der Waals surface area contributed by atoms with Crippen molar-refractivity contribution in [2.75, 3.05) is 31.2 Å². The van der Waals surface area contributed by atoms with Crippen LogP contribution in [0.5, 0.6) is 11.5 Å². The minimum Gasteiger partial charge on any atom is -0.481 e.